The normalized spacial score (nSPS) is 17.1. The van der Waals surface area contributed by atoms with Crippen molar-refractivity contribution in [1.29, 1.82) is 0 Å². The number of hydrogen-bond acceptors (Lipinski definition) is 2. The molecule has 4 heteroatoms. The predicted molar refractivity (Wildman–Crippen MR) is 109 cm³/mol. The van der Waals surface area contributed by atoms with E-state index in [0.717, 1.165) is 18.8 Å². The van der Waals surface area contributed by atoms with Crippen molar-refractivity contribution in [2.75, 3.05) is 11.9 Å². The average molecular weight is 359 g/mol. The van der Waals surface area contributed by atoms with Crippen LogP contribution >= 0.6 is 0 Å². The smallest absolute Gasteiger partial charge is 0.255 e. The highest BCUT2D eigenvalue weighted by Crippen LogP contribution is 2.33. The first-order chi connectivity index (χ1) is 13.2. The van der Waals surface area contributed by atoms with E-state index in [0.29, 0.717) is 11.6 Å². The van der Waals surface area contributed by atoms with Crippen LogP contribution in [-0.4, -0.2) is 21.9 Å². The van der Waals surface area contributed by atoms with Crippen molar-refractivity contribution in [3.8, 4) is 0 Å². The zero-order valence-electron chi connectivity index (χ0n) is 15.6. The summed E-state index contributed by atoms with van der Waals surface area (Å²) in [5, 5.41) is 2.93. The van der Waals surface area contributed by atoms with Gasteiger partial charge in [0.05, 0.1) is 6.04 Å². The summed E-state index contributed by atoms with van der Waals surface area (Å²) in [6, 6.07) is 22.3. The lowest BCUT2D eigenvalue weighted by molar-refractivity contribution is 0.102. The van der Waals surface area contributed by atoms with Crippen molar-refractivity contribution in [2.45, 2.75) is 25.4 Å². The van der Waals surface area contributed by atoms with Gasteiger partial charge in [-0.2, -0.15) is 0 Å². The van der Waals surface area contributed by atoms with Gasteiger partial charge in [0.25, 0.3) is 5.91 Å². The molecule has 1 aromatic heterocycles. The average Bonchev–Trinajstić information content (AvgIpc) is 3.31. The molecule has 1 amide bonds. The molecule has 0 bridgehead atoms. The van der Waals surface area contributed by atoms with Crippen LogP contribution in [0, 0.1) is 0 Å². The quantitative estimate of drug-likeness (QED) is 0.722. The van der Waals surface area contributed by atoms with Crippen LogP contribution < -0.4 is 5.32 Å². The molecule has 0 aliphatic carbocycles. The third kappa shape index (κ3) is 3.96. The lowest BCUT2D eigenvalue weighted by Crippen LogP contribution is -2.24. The van der Waals surface area contributed by atoms with Gasteiger partial charge in [-0.15, -0.1) is 0 Å². The van der Waals surface area contributed by atoms with Gasteiger partial charge in [0.2, 0.25) is 0 Å². The molecule has 0 saturated carbocycles. The zero-order chi connectivity index (χ0) is 18.6. The number of hydrogen-bond donors (Lipinski definition) is 1. The molecule has 1 saturated heterocycles. The molecular weight excluding hydrogens is 334 g/mol. The molecular formula is C23H25N3O. The van der Waals surface area contributed by atoms with Crippen LogP contribution in [0.25, 0.3) is 0 Å². The van der Waals surface area contributed by atoms with Gasteiger partial charge in [-0.05, 0) is 61.3 Å². The minimum absolute atomic E-state index is 0.0735. The summed E-state index contributed by atoms with van der Waals surface area (Å²) in [4.78, 5) is 14.9. The zero-order valence-corrected chi connectivity index (χ0v) is 15.6. The molecule has 0 unspecified atom stereocenters. The van der Waals surface area contributed by atoms with Gasteiger partial charge < -0.3 is 9.88 Å². The van der Waals surface area contributed by atoms with Crippen LogP contribution in [0.4, 0.5) is 5.69 Å². The van der Waals surface area contributed by atoms with E-state index in [1.54, 1.807) is 0 Å². The Labute approximate surface area is 160 Å². The number of para-hydroxylation sites is 1. The summed E-state index contributed by atoms with van der Waals surface area (Å²) >= 11 is 0. The number of carbonyl (C=O) groups excluding carboxylic acids is 1. The van der Waals surface area contributed by atoms with Gasteiger partial charge in [-0.25, -0.2) is 0 Å². The van der Waals surface area contributed by atoms with E-state index in [1.807, 2.05) is 42.5 Å². The van der Waals surface area contributed by atoms with Crippen molar-refractivity contribution in [1.82, 2.24) is 9.47 Å². The highest BCUT2D eigenvalue weighted by atomic mass is 16.1. The van der Waals surface area contributed by atoms with Crippen LogP contribution in [0.5, 0.6) is 0 Å². The fourth-order valence-corrected chi connectivity index (χ4v) is 3.89. The highest BCUT2D eigenvalue weighted by Gasteiger charge is 2.27. The lowest BCUT2D eigenvalue weighted by Gasteiger charge is -2.25. The van der Waals surface area contributed by atoms with Crippen LogP contribution in [0.2, 0.25) is 0 Å². The Morgan fingerprint density at radius 2 is 1.81 bits per heavy atom. The van der Waals surface area contributed by atoms with Gasteiger partial charge in [-0.1, -0.05) is 30.3 Å². The first-order valence-corrected chi connectivity index (χ1v) is 9.51. The summed E-state index contributed by atoms with van der Waals surface area (Å²) in [5.41, 5.74) is 4.12. The second-order valence-corrected chi connectivity index (χ2v) is 7.19. The minimum atomic E-state index is -0.0735. The Morgan fingerprint density at radius 1 is 1.04 bits per heavy atom. The molecule has 1 fully saturated rings. The number of nitrogens with zero attached hydrogens (tertiary/aromatic N) is 2. The number of nitrogens with one attached hydrogen (secondary N) is 1. The third-order valence-electron chi connectivity index (χ3n) is 5.32. The van der Waals surface area contributed by atoms with E-state index in [9.17, 15) is 4.79 Å². The van der Waals surface area contributed by atoms with E-state index in [-0.39, 0.29) is 5.91 Å². The minimum Gasteiger partial charge on any atom is -0.353 e. The van der Waals surface area contributed by atoms with Crippen molar-refractivity contribution >= 4 is 11.6 Å². The van der Waals surface area contributed by atoms with Gasteiger partial charge in [0.15, 0.2) is 0 Å². The third-order valence-corrected chi connectivity index (χ3v) is 5.32. The maximum absolute atomic E-state index is 12.4. The summed E-state index contributed by atoms with van der Waals surface area (Å²) in [5.74, 6) is -0.0735. The molecule has 1 aliphatic heterocycles. The molecule has 138 valence electrons. The molecule has 1 aliphatic rings. The Bertz CT molecular complexity index is 899. The molecule has 2 aromatic carbocycles. The van der Waals surface area contributed by atoms with Gasteiger partial charge in [0.1, 0.15) is 0 Å². The fourth-order valence-electron chi connectivity index (χ4n) is 3.89. The number of aromatic nitrogens is 1. The maximum Gasteiger partial charge on any atom is 0.255 e. The summed E-state index contributed by atoms with van der Waals surface area (Å²) < 4.78 is 2.22. The monoisotopic (exact) mass is 359 g/mol. The number of benzene rings is 2. The van der Waals surface area contributed by atoms with Crippen LogP contribution in [0.15, 0.2) is 72.9 Å². The van der Waals surface area contributed by atoms with Crippen molar-refractivity contribution < 1.29 is 4.79 Å². The number of likely N-dealkylation sites (tertiary alicyclic amines) is 1. The van der Waals surface area contributed by atoms with Crippen LogP contribution in [0.1, 0.15) is 40.5 Å². The highest BCUT2D eigenvalue weighted by molar-refractivity contribution is 6.04. The van der Waals surface area contributed by atoms with E-state index in [1.165, 1.54) is 24.1 Å². The topological polar surface area (TPSA) is 37.3 Å². The molecule has 1 atom stereocenters. The number of amides is 1. The SMILES string of the molecule is Cn1cccc1[C@H]1CCCN1Cc1ccc(C(=O)Nc2ccccc2)cc1. The molecule has 0 spiro atoms. The van der Waals surface area contributed by atoms with Crippen molar-refractivity contribution in [3.63, 3.8) is 0 Å². The molecule has 1 N–H and O–H groups in total. The Morgan fingerprint density at radius 3 is 2.52 bits per heavy atom. The number of carbonyl (C=O) groups is 1. The summed E-state index contributed by atoms with van der Waals surface area (Å²) in [7, 11) is 2.12. The van der Waals surface area contributed by atoms with E-state index in [2.05, 4.69) is 52.3 Å². The molecule has 0 radical (unpaired) electrons. The molecule has 2 heterocycles. The first-order valence-electron chi connectivity index (χ1n) is 9.51. The summed E-state index contributed by atoms with van der Waals surface area (Å²) in [6.45, 7) is 2.03. The Balaban J connectivity index is 1.42. The molecule has 3 aromatic rings. The van der Waals surface area contributed by atoms with Crippen molar-refractivity contribution in [3.05, 3.63) is 89.7 Å². The second kappa shape index (κ2) is 7.80. The van der Waals surface area contributed by atoms with Crippen LogP contribution in [0.3, 0.4) is 0 Å². The van der Waals surface area contributed by atoms with Gasteiger partial charge >= 0.3 is 0 Å². The molecule has 4 nitrogen and oxygen atoms in total. The van der Waals surface area contributed by atoms with E-state index >= 15 is 0 Å². The largest absolute Gasteiger partial charge is 0.353 e. The fraction of sp³-hybridized carbons (Fsp3) is 0.261. The summed E-state index contributed by atoms with van der Waals surface area (Å²) in [6.07, 6.45) is 4.55. The van der Waals surface area contributed by atoms with Crippen LogP contribution in [-0.2, 0) is 13.6 Å². The number of aryl methyl sites for hydroxylation is 1. The second-order valence-electron chi connectivity index (χ2n) is 7.19. The molecule has 4 rings (SSSR count). The standard InChI is InChI=1S/C23H25N3O/c1-25-15-5-9-21(25)22-10-6-16-26(22)17-18-11-13-19(14-12-18)23(27)24-20-7-3-2-4-8-20/h2-5,7-9,11-15,22H,6,10,16-17H2,1H3,(H,24,27)/t22-/m1/s1. The van der Waals surface area contributed by atoms with Crippen molar-refractivity contribution in [2.24, 2.45) is 7.05 Å². The number of anilines is 1. The van der Waals surface area contributed by atoms with Gasteiger partial charge in [-0.3, -0.25) is 9.69 Å². The first kappa shape index (κ1) is 17.6. The Hall–Kier alpha value is -2.85. The molecule has 27 heavy (non-hydrogen) atoms. The predicted octanol–water partition coefficient (Wildman–Crippen LogP) is 4.61. The van der Waals surface area contributed by atoms with Gasteiger partial charge in [0, 0.05) is 36.7 Å². The lowest BCUT2D eigenvalue weighted by atomic mass is 10.1. The van der Waals surface area contributed by atoms with E-state index < -0.39 is 0 Å². The maximum atomic E-state index is 12.4. The number of rotatable bonds is 5. The van der Waals surface area contributed by atoms with E-state index in [4.69, 9.17) is 0 Å². The Kier molecular flexibility index (Phi) is 5.07.